The number of carbonyl (C=O) groups is 1. The molecule has 0 aliphatic heterocycles. The maximum atomic E-state index is 14.4. The number of rotatable bonds is 8. The van der Waals surface area contributed by atoms with Crippen molar-refractivity contribution in [1.29, 1.82) is 0 Å². The Morgan fingerprint density at radius 1 is 1.03 bits per heavy atom. The fourth-order valence-electron chi connectivity index (χ4n) is 4.18. The van der Waals surface area contributed by atoms with Crippen LogP contribution in [0.5, 0.6) is 0 Å². The number of hydrogen-bond donors (Lipinski definition) is 1. The third-order valence-electron chi connectivity index (χ3n) is 6.00. The van der Waals surface area contributed by atoms with Gasteiger partial charge in [0.1, 0.15) is 12.4 Å². The van der Waals surface area contributed by atoms with E-state index in [9.17, 15) is 17.6 Å². The van der Waals surface area contributed by atoms with E-state index in [2.05, 4.69) is 10.5 Å². The van der Waals surface area contributed by atoms with E-state index in [4.69, 9.17) is 11.6 Å². The molecule has 0 saturated carbocycles. The molecule has 0 bridgehead atoms. The normalized spacial score (nSPS) is 11.6. The molecule has 7 nitrogen and oxygen atoms in total. The zero-order valence-electron chi connectivity index (χ0n) is 21.0. The van der Waals surface area contributed by atoms with Crippen LogP contribution >= 0.6 is 11.6 Å². The highest BCUT2D eigenvalue weighted by Gasteiger charge is 2.28. The molecule has 1 amide bonds. The fraction of sp³-hybridized carbons (Fsp3) is 0.143. The molecule has 0 radical (unpaired) electrons. The average molecular weight is 553 g/mol. The summed E-state index contributed by atoms with van der Waals surface area (Å²) in [6.45, 7) is 4.87. The van der Waals surface area contributed by atoms with Crippen molar-refractivity contribution in [3.63, 3.8) is 0 Å². The second kappa shape index (κ2) is 11.2. The molecule has 10 heteroatoms. The lowest BCUT2D eigenvalue weighted by Crippen LogP contribution is -2.40. The molecule has 0 atom stereocenters. The smallest absolute Gasteiger partial charge is 0.264 e. The first kappa shape index (κ1) is 27.1. The Bertz CT molecular complexity index is 1620. The van der Waals surface area contributed by atoms with E-state index < -0.39 is 22.5 Å². The summed E-state index contributed by atoms with van der Waals surface area (Å²) in [5.74, 6) is -0.999. The molecule has 0 aliphatic rings. The van der Waals surface area contributed by atoms with Crippen LogP contribution in [0, 0.1) is 26.6 Å². The SMILES string of the molecule is Cc1cc(Cl)ccc1N(CC(=O)N/N=C/c1cc(C)n(-c2ccccc2F)c1C)S(=O)(=O)c1ccccc1. The van der Waals surface area contributed by atoms with Crippen LogP contribution in [-0.2, 0) is 14.8 Å². The number of nitrogens with one attached hydrogen (secondary N) is 1. The van der Waals surface area contributed by atoms with Gasteiger partial charge in [-0.15, -0.1) is 0 Å². The van der Waals surface area contributed by atoms with Crippen molar-refractivity contribution in [2.24, 2.45) is 5.10 Å². The molecule has 1 N–H and O–H groups in total. The fourth-order valence-corrected chi connectivity index (χ4v) is 5.91. The number of sulfonamides is 1. The molecular formula is C28H26ClFN4O3S. The van der Waals surface area contributed by atoms with Crippen molar-refractivity contribution in [1.82, 2.24) is 9.99 Å². The predicted octanol–water partition coefficient (Wildman–Crippen LogP) is 5.54. The van der Waals surface area contributed by atoms with Gasteiger partial charge in [0.15, 0.2) is 0 Å². The van der Waals surface area contributed by atoms with E-state index in [0.29, 0.717) is 27.5 Å². The number of hydrazone groups is 1. The summed E-state index contributed by atoms with van der Waals surface area (Å²) in [6.07, 6.45) is 1.45. The Morgan fingerprint density at radius 3 is 2.39 bits per heavy atom. The van der Waals surface area contributed by atoms with Crippen molar-refractivity contribution in [2.45, 2.75) is 25.7 Å². The summed E-state index contributed by atoms with van der Waals surface area (Å²) >= 11 is 6.07. The molecule has 1 heterocycles. The van der Waals surface area contributed by atoms with Gasteiger partial charge in [0.05, 0.1) is 22.5 Å². The van der Waals surface area contributed by atoms with Gasteiger partial charge in [-0.2, -0.15) is 5.10 Å². The number of aryl methyl sites for hydroxylation is 2. The molecule has 196 valence electrons. The molecule has 3 aromatic carbocycles. The second-order valence-corrected chi connectivity index (χ2v) is 11.0. The average Bonchev–Trinajstić information content (AvgIpc) is 3.16. The van der Waals surface area contributed by atoms with E-state index in [1.807, 2.05) is 19.9 Å². The monoisotopic (exact) mass is 552 g/mol. The van der Waals surface area contributed by atoms with E-state index in [0.717, 1.165) is 15.7 Å². The lowest BCUT2D eigenvalue weighted by atomic mass is 10.2. The summed E-state index contributed by atoms with van der Waals surface area (Å²) in [7, 11) is -4.07. The van der Waals surface area contributed by atoms with Crippen molar-refractivity contribution in [3.05, 3.63) is 112 Å². The number of halogens is 2. The van der Waals surface area contributed by atoms with Crippen LogP contribution in [0.1, 0.15) is 22.5 Å². The number of amides is 1. The quantitative estimate of drug-likeness (QED) is 0.230. The number of benzene rings is 3. The molecule has 0 saturated heterocycles. The molecule has 38 heavy (non-hydrogen) atoms. The van der Waals surface area contributed by atoms with E-state index in [-0.39, 0.29) is 10.7 Å². The number of carbonyl (C=O) groups excluding carboxylic acids is 1. The Hall–Kier alpha value is -3.95. The van der Waals surface area contributed by atoms with Gasteiger partial charge < -0.3 is 4.57 Å². The van der Waals surface area contributed by atoms with Crippen LogP contribution in [0.15, 0.2) is 88.9 Å². The lowest BCUT2D eigenvalue weighted by Gasteiger charge is -2.25. The Balaban J connectivity index is 1.58. The predicted molar refractivity (Wildman–Crippen MR) is 148 cm³/mol. The number of aromatic nitrogens is 1. The third kappa shape index (κ3) is 5.64. The maximum Gasteiger partial charge on any atom is 0.264 e. The highest BCUT2D eigenvalue weighted by Crippen LogP contribution is 2.29. The minimum absolute atomic E-state index is 0.0474. The van der Waals surface area contributed by atoms with Crippen LogP contribution in [0.2, 0.25) is 5.02 Å². The summed E-state index contributed by atoms with van der Waals surface area (Å²) in [5, 5.41) is 4.49. The minimum atomic E-state index is -4.07. The molecule has 0 spiro atoms. The summed E-state index contributed by atoms with van der Waals surface area (Å²) < 4.78 is 44.1. The first-order valence-corrected chi connectivity index (χ1v) is 13.5. The van der Waals surface area contributed by atoms with Gasteiger partial charge in [-0.3, -0.25) is 9.10 Å². The molecule has 4 aromatic rings. The van der Waals surface area contributed by atoms with E-state index in [1.54, 1.807) is 66.1 Å². The standard InChI is InChI=1S/C28H26ClFN4O3S/c1-19-15-23(29)13-14-26(19)33(38(36,37)24-9-5-4-6-10-24)18-28(35)32-31-17-22-16-20(2)34(21(22)3)27-12-8-7-11-25(27)30/h4-17H,18H2,1-3H3,(H,32,35)/b31-17+. The Kier molecular flexibility index (Phi) is 7.99. The first-order valence-electron chi connectivity index (χ1n) is 11.7. The van der Waals surface area contributed by atoms with Gasteiger partial charge in [0, 0.05) is 22.0 Å². The zero-order chi connectivity index (χ0) is 27.4. The van der Waals surface area contributed by atoms with Crippen molar-refractivity contribution in [2.75, 3.05) is 10.8 Å². The van der Waals surface area contributed by atoms with Gasteiger partial charge in [-0.05, 0) is 74.9 Å². The van der Waals surface area contributed by atoms with Crippen LogP contribution < -0.4 is 9.73 Å². The first-order chi connectivity index (χ1) is 18.1. The van der Waals surface area contributed by atoms with Gasteiger partial charge in [-0.25, -0.2) is 18.2 Å². The summed E-state index contributed by atoms with van der Waals surface area (Å²) in [4.78, 5) is 12.9. The summed E-state index contributed by atoms with van der Waals surface area (Å²) in [6, 6.07) is 20.9. The van der Waals surface area contributed by atoms with Crippen molar-refractivity contribution in [3.8, 4) is 5.69 Å². The van der Waals surface area contributed by atoms with Crippen LogP contribution in [0.25, 0.3) is 5.69 Å². The molecule has 0 unspecified atom stereocenters. The van der Waals surface area contributed by atoms with Crippen LogP contribution in [-0.4, -0.2) is 31.7 Å². The molecular weight excluding hydrogens is 527 g/mol. The lowest BCUT2D eigenvalue weighted by molar-refractivity contribution is -0.119. The van der Waals surface area contributed by atoms with E-state index in [1.165, 1.54) is 24.4 Å². The number of anilines is 1. The highest BCUT2D eigenvalue weighted by atomic mass is 35.5. The third-order valence-corrected chi connectivity index (χ3v) is 8.01. The highest BCUT2D eigenvalue weighted by molar-refractivity contribution is 7.92. The largest absolute Gasteiger partial charge is 0.315 e. The van der Waals surface area contributed by atoms with E-state index >= 15 is 0 Å². The number of nitrogens with zero attached hydrogens (tertiary/aromatic N) is 3. The Labute approximate surface area is 226 Å². The number of para-hydroxylation sites is 1. The van der Waals surface area contributed by atoms with Crippen molar-refractivity contribution >= 4 is 39.4 Å². The second-order valence-electron chi connectivity index (χ2n) is 8.66. The van der Waals surface area contributed by atoms with Gasteiger partial charge in [0.25, 0.3) is 15.9 Å². The molecule has 4 rings (SSSR count). The Morgan fingerprint density at radius 2 is 1.71 bits per heavy atom. The van der Waals surface area contributed by atoms with Gasteiger partial charge in [-0.1, -0.05) is 41.9 Å². The maximum absolute atomic E-state index is 14.4. The minimum Gasteiger partial charge on any atom is -0.315 e. The van der Waals surface area contributed by atoms with Gasteiger partial charge in [0.2, 0.25) is 0 Å². The zero-order valence-corrected chi connectivity index (χ0v) is 22.6. The topological polar surface area (TPSA) is 83.8 Å². The van der Waals surface area contributed by atoms with Crippen LogP contribution in [0.4, 0.5) is 10.1 Å². The molecule has 0 aliphatic carbocycles. The van der Waals surface area contributed by atoms with Crippen molar-refractivity contribution < 1.29 is 17.6 Å². The van der Waals surface area contributed by atoms with Gasteiger partial charge >= 0.3 is 0 Å². The molecule has 0 fully saturated rings. The van der Waals surface area contributed by atoms with Crippen LogP contribution in [0.3, 0.4) is 0 Å². The number of hydrogen-bond acceptors (Lipinski definition) is 4. The summed E-state index contributed by atoms with van der Waals surface area (Å²) in [5.41, 5.74) is 5.93. The molecule has 1 aromatic heterocycles.